The minimum absolute atomic E-state index is 0.0527. The summed E-state index contributed by atoms with van der Waals surface area (Å²) in [7, 11) is 1.51. The number of carbonyl (C=O) groups excluding carboxylic acids is 1. The van der Waals surface area contributed by atoms with Crippen molar-refractivity contribution in [2.24, 2.45) is 0 Å². The molecule has 0 aliphatic carbocycles. The lowest BCUT2D eigenvalue weighted by molar-refractivity contribution is 0.0616. The summed E-state index contributed by atoms with van der Waals surface area (Å²) < 4.78 is 16.4. The zero-order chi connectivity index (χ0) is 21.8. The van der Waals surface area contributed by atoms with E-state index < -0.39 is 5.63 Å². The normalized spacial score (nSPS) is 14.6. The Balaban J connectivity index is 1.34. The van der Waals surface area contributed by atoms with Crippen LogP contribution in [0.4, 0.5) is 0 Å². The van der Waals surface area contributed by atoms with Gasteiger partial charge in [-0.05, 0) is 31.2 Å². The first-order valence-corrected chi connectivity index (χ1v) is 10.4. The van der Waals surface area contributed by atoms with Crippen LogP contribution in [0.1, 0.15) is 15.9 Å². The van der Waals surface area contributed by atoms with Crippen molar-refractivity contribution in [2.75, 3.05) is 46.4 Å². The fraction of sp³-hybridized carbons (Fsp3) is 0.333. The number of carbonyl (C=O) groups is 1. The summed E-state index contributed by atoms with van der Waals surface area (Å²) in [5.74, 6) is 1.03. The van der Waals surface area contributed by atoms with Crippen LogP contribution in [0.5, 0.6) is 11.5 Å². The van der Waals surface area contributed by atoms with Gasteiger partial charge in [0.15, 0.2) is 11.3 Å². The predicted molar refractivity (Wildman–Crippen MR) is 118 cm³/mol. The number of ether oxygens (including phenoxy) is 2. The molecule has 1 aliphatic rings. The van der Waals surface area contributed by atoms with E-state index in [4.69, 9.17) is 13.9 Å². The Labute approximate surface area is 180 Å². The molecule has 0 spiro atoms. The Morgan fingerprint density at radius 1 is 1.06 bits per heavy atom. The fourth-order valence-corrected chi connectivity index (χ4v) is 3.70. The zero-order valence-corrected chi connectivity index (χ0v) is 17.8. The second kappa shape index (κ2) is 9.22. The van der Waals surface area contributed by atoms with E-state index >= 15 is 0 Å². The topological polar surface area (TPSA) is 72.2 Å². The number of amides is 1. The van der Waals surface area contributed by atoms with Gasteiger partial charge in [-0.25, -0.2) is 4.79 Å². The molecular weight excluding hydrogens is 396 g/mol. The first-order chi connectivity index (χ1) is 15.0. The van der Waals surface area contributed by atoms with Gasteiger partial charge in [-0.2, -0.15) is 0 Å². The maximum atomic E-state index is 12.9. The Morgan fingerprint density at radius 2 is 1.81 bits per heavy atom. The monoisotopic (exact) mass is 422 g/mol. The third-order valence-electron chi connectivity index (χ3n) is 5.53. The maximum absolute atomic E-state index is 12.9. The van der Waals surface area contributed by atoms with Crippen molar-refractivity contribution in [2.45, 2.75) is 6.92 Å². The second-order valence-electron chi connectivity index (χ2n) is 7.62. The summed E-state index contributed by atoms with van der Waals surface area (Å²) in [6, 6.07) is 14.9. The molecule has 7 heteroatoms. The molecule has 7 nitrogen and oxygen atoms in total. The largest absolute Gasteiger partial charge is 0.493 e. The molecule has 2 heterocycles. The fourth-order valence-electron chi connectivity index (χ4n) is 3.70. The molecule has 2 aromatic carbocycles. The van der Waals surface area contributed by atoms with E-state index in [1.54, 1.807) is 29.2 Å². The number of rotatable bonds is 6. The lowest BCUT2D eigenvalue weighted by atomic mass is 10.1. The van der Waals surface area contributed by atoms with E-state index in [2.05, 4.69) is 4.90 Å². The molecule has 4 rings (SSSR count). The number of methoxy groups -OCH3 is 1. The van der Waals surface area contributed by atoms with Gasteiger partial charge in [0, 0.05) is 38.1 Å². The molecule has 0 bridgehead atoms. The number of para-hydroxylation sites is 1. The van der Waals surface area contributed by atoms with E-state index in [1.807, 2.05) is 31.2 Å². The van der Waals surface area contributed by atoms with Crippen molar-refractivity contribution in [3.63, 3.8) is 0 Å². The summed E-state index contributed by atoms with van der Waals surface area (Å²) in [4.78, 5) is 29.4. The van der Waals surface area contributed by atoms with Gasteiger partial charge in [-0.1, -0.05) is 29.8 Å². The molecule has 162 valence electrons. The van der Waals surface area contributed by atoms with Gasteiger partial charge in [0.05, 0.1) is 7.11 Å². The molecule has 1 aliphatic heterocycles. The van der Waals surface area contributed by atoms with E-state index in [1.165, 1.54) is 12.7 Å². The third-order valence-corrected chi connectivity index (χ3v) is 5.53. The minimum atomic E-state index is -0.643. The molecular formula is C24H26N2O5. The Hall–Kier alpha value is -3.32. The maximum Gasteiger partial charge on any atom is 0.349 e. The molecule has 1 saturated heterocycles. The van der Waals surface area contributed by atoms with Crippen LogP contribution >= 0.6 is 0 Å². The highest BCUT2D eigenvalue weighted by molar-refractivity contribution is 5.97. The van der Waals surface area contributed by atoms with Gasteiger partial charge < -0.3 is 18.8 Å². The van der Waals surface area contributed by atoms with Crippen molar-refractivity contribution in [3.8, 4) is 11.5 Å². The van der Waals surface area contributed by atoms with Crippen LogP contribution in [-0.4, -0.2) is 62.1 Å². The number of aryl methyl sites for hydroxylation is 1. The summed E-state index contributed by atoms with van der Waals surface area (Å²) in [6.07, 6.45) is 0. The van der Waals surface area contributed by atoms with E-state index in [9.17, 15) is 9.59 Å². The van der Waals surface area contributed by atoms with Gasteiger partial charge in [0.2, 0.25) is 0 Å². The quantitative estimate of drug-likeness (QED) is 0.569. The number of piperazine rings is 1. The molecule has 31 heavy (non-hydrogen) atoms. The van der Waals surface area contributed by atoms with E-state index in [-0.39, 0.29) is 11.5 Å². The highest BCUT2D eigenvalue weighted by Gasteiger charge is 2.25. The number of hydrogen-bond acceptors (Lipinski definition) is 6. The average molecular weight is 422 g/mol. The highest BCUT2D eigenvalue weighted by Crippen LogP contribution is 2.24. The summed E-state index contributed by atoms with van der Waals surface area (Å²) in [5, 5.41) is 0.661. The highest BCUT2D eigenvalue weighted by atomic mass is 16.5. The molecule has 0 saturated carbocycles. The first-order valence-electron chi connectivity index (χ1n) is 10.4. The van der Waals surface area contributed by atoms with Gasteiger partial charge in [0.25, 0.3) is 5.91 Å². The standard InChI is InChI=1S/C24H26N2O5/c1-17-6-8-19(9-7-17)30-15-14-25-10-12-26(13-11-25)23(27)20-16-18-4-3-5-21(29-2)22(18)31-24(20)28/h3-9,16H,10-15H2,1-2H3. The molecule has 0 N–H and O–H groups in total. The van der Waals surface area contributed by atoms with Gasteiger partial charge >= 0.3 is 5.63 Å². The Kier molecular flexibility index (Phi) is 6.23. The third kappa shape index (κ3) is 4.72. The van der Waals surface area contributed by atoms with E-state index in [0.717, 1.165) is 25.4 Å². The van der Waals surface area contributed by atoms with E-state index in [0.29, 0.717) is 36.4 Å². The average Bonchev–Trinajstić information content (AvgIpc) is 2.79. The number of benzene rings is 2. The van der Waals surface area contributed by atoms with Crippen LogP contribution in [0, 0.1) is 6.92 Å². The zero-order valence-electron chi connectivity index (χ0n) is 17.8. The molecule has 1 fully saturated rings. The van der Waals surface area contributed by atoms with Gasteiger partial charge in [0.1, 0.15) is 17.9 Å². The first kappa shape index (κ1) is 20.9. The molecule has 0 atom stereocenters. The van der Waals surface area contributed by atoms with Crippen molar-refractivity contribution < 1.29 is 18.7 Å². The summed E-state index contributed by atoms with van der Waals surface area (Å²) in [5.41, 5.74) is 0.963. The number of nitrogens with zero attached hydrogens (tertiary/aromatic N) is 2. The lowest BCUT2D eigenvalue weighted by Crippen LogP contribution is -2.50. The van der Waals surface area contributed by atoms with Crippen molar-refractivity contribution in [3.05, 3.63) is 70.1 Å². The molecule has 1 aromatic heterocycles. The van der Waals surface area contributed by atoms with Crippen LogP contribution in [0.25, 0.3) is 11.0 Å². The number of fused-ring (bicyclic) bond motifs is 1. The van der Waals surface area contributed by atoms with Crippen LogP contribution in [-0.2, 0) is 0 Å². The van der Waals surface area contributed by atoms with Gasteiger partial charge in [-0.3, -0.25) is 9.69 Å². The minimum Gasteiger partial charge on any atom is -0.493 e. The predicted octanol–water partition coefficient (Wildman–Crippen LogP) is 2.95. The SMILES string of the molecule is COc1cccc2cc(C(=O)N3CCN(CCOc4ccc(C)cc4)CC3)c(=O)oc12. The molecule has 0 unspecified atom stereocenters. The van der Waals surface area contributed by atoms with Crippen molar-refractivity contribution >= 4 is 16.9 Å². The Morgan fingerprint density at radius 3 is 2.52 bits per heavy atom. The number of hydrogen-bond donors (Lipinski definition) is 0. The van der Waals surface area contributed by atoms with Crippen LogP contribution in [0.15, 0.2) is 57.7 Å². The molecule has 1 amide bonds. The smallest absolute Gasteiger partial charge is 0.349 e. The van der Waals surface area contributed by atoms with Crippen LogP contribution < -0.4 is 15.1 Å². The molecule has 0 radical (unpaired) electrons. The van der Waals surface area contributed by atoms with Gasteiger partial charge in [-0.15, -0.1) is 0 Å². The second-order valence-corrected chi connectivity index (χ2v) is 7.62. The van der Waals surface area contributed by atoms with Crippen LogP contribution in [0.2, 0.25) is 0 Å². The summed E-state index contributed by atoms with van der Waals surface area (Å²) in [6.45, 7) is 5.99. The summed E-state index contributed by atoms with van der Waals surface area (Å²) >= 11 is 0. The molecule has 3 aromatic rings. The van der Waals surface area contributed by atoms with Crippen molar-refractivity contribution in [1.82, 2.24) is 9.80 Å². The Bertz CT molecular complexity index is 1120. The van der Waals surface area contributed by atoms with Crippen LogP contribution in [0.3, 0.4) is 0 Å². The lowest BCUT2D eigenvalue weighted by Gasteiger charge is -2.34. The van der Waals surface area contributed by atoms with Crippen molar-refractivity contribution in [1.29, 1.82) is 0 Å².